The zero-order chi connectivity index (χ0) is 18.2. The van der Waals surface area contributed by atoms with Gasteiger partial charge in [-0.2, -0.15) is 5.10 Å². The maximum absolute atomic E-state index is 11.9. The van der Waals surface area contributed by atoms with Gasteiger partial charge < -0.3 is 15.2 Å². The van der Waals surface area contributed by atoms with E-state index in [9.17, 15) is 14.7 Å². The molecule has 0 atom stereocenters. The van der Waals surface area contributed by atoms with Crippen LogP contribution in [0.3, 0.4) is 0 Å². The topological polar surface area (TPSA) is 100 Å². The number of carbonyl (C=O) groups is 2. The lowest BCUT2D eigenvalue weighted by atomic mass is 10.2. The summed E-state index contributed by atoms with van der Waals surface area (Å²) >= 11 is 5.81. The summed E-state index contributed by atoms with van der Waals surface area (Å²) in [7, 11) is 1.43. The van der Waals surface area contributed by atoms with Crippen LogP contribution in [0, 0.1) is 0 Å². The summed E-state index contributed by atoms with van der Waals surface area (Å²) in [4.78, 5) is 23.6. The van der Waals surface area contributed by atoms with E-state index in [-0.39, 0.29) is 12.3 Å². The van der Waals surface area contributed by atoms with Gasteiger partial charge in [0.05, 0.1) is 19.9 Å². The third-order valence-corrected chi connectivity index (χ3v) is 3.34. The van der Waals surface area contributed by atoms with Crippen molar-refractivity contribution in [3.05, 3.63) is 58.6 Å². The van der Waals surface area contributed by atoms with Gasteiger partial charge in [-0.25, -0.2) is 5.43 Å². The first-order chi connectivity index (χ1) is 12.0. The van der Waals surface area contributed by atoms with E-state index < -0.39 is 11.8 Å². The highest BCUT2D eigenvalue weighted by atomic mass is 35.5. The highest BCUT2D eigenvalue weighted by Gasteiger charge is 2.08. The van der Waals surface area contributed by atoms with Crippen LogP contribution in [-0.2, 0) is 4.79 Å². The van der Waals surface area contributed by atoms with Gasteiger partial charge in [-0.15, -0.1) is 0 Å². The van der Waals surface area contributed by atoms with E-state index in [1.165, 1.54) is 25.5 Å². The standard InChI is InChI=1S/C17H16ClN3O4/c1-25-15-7-11(5-6-14(15)22)9-20-21-16(23)10-19-17(24)12-3-2-4-13(18)8-12/h2-9,22H,10H2,1H3,(H,19,24)(H,21,23)/b20-9-. The number of aromatic hydroxyl groups is 1. The van der Waals surface area contributed by atoms with Crippen molar-refractivity contribution in [1.82, 2.24) is 10.7 Å². The molecule has 0 saturated carbocycles. The molecule has 0 aliphatic rings. The summed E-state index contributed by atoms with van der Waals surface area (Å²) in [5, 5.41) is 16.2. The Bertz CT molecular complexity index is 808. The monoisotopic (exact) mass is 361 g/mol. The molecule has 0 fully saturated rings. The van der Waals surface area contributed by atoms with Gasteiger partial charge in [0.2, 0.25) is 0 Å². The van der Waals surface area contributed by atoms with Gasteiger partial charge in [0.25, 0.3) is 11.8 Å². The smallest absolute Gasteiger partial charge is 0.259 e. The van der Waals surface area contributed by atoms with Crippen LogP contribution in [0.2, 0.25) is 5.02 Å². The van der Waals surface area contributed by atoms with E-state index in [1.54, 1.807) is 30.3 Å². The van der Waals surface area contributed by atoms with Gasteiger partial charge in [-0.3, -0.25) is 9.59 Å². The van der Waals surface area contributed by atoms with Crippen molar-refractivity contribution in [2.24, 2.45) is 5.10 Å². The van der Waals surface area contributed by atoms with Crippen LogP contribution in [0.25, 0.3) is 0 Å². The van der Waals surface area contributed by atoms with Gasteiger partial charge in [0, 0.05) is 10.6 Å². The number of amides is 2. The zero-order valence-corrected chi connectivity index (χ0v) is 14.1. The first kappa shape index (κ1) is 18.3. The zero-order valence-electron chi connectivity index (χ0n) is 13.3. The van der Waals surface area contributed by atoms with E-state index in [0.29, 0.717) is 21.9 Å². The Kier molecular flexibility index (Phi) is 6.36. The van der Waals surface area contributed by atoms with E-state index in [1.807, 2.05) is 0 Å². The maximum atomic E-state index is 11.9. The second-order valence-corrected chi connectivity index (χ2v) is 5.35. The molecule has 0 aromatic heterocycles. The van der Waals surface area contributed by atoms with E-state index in [4.69, 9.17) is 16.3 Å². The van der Waals surface area contributed by atoms with Crippen molar-refractivity contribution in [1.29, 1.82) is 0 Å². The predicted octanol–water partition coefficient (Wildman–Crippen LogP) is 1.93. The lowest BCUT2D eigenvalue weighted by Gasteiger charge is -2.05. The number of halogens is 1. The summed E-state index contributed by atoms with van der Waals surface area (Å²) in [6.45, 7) is -0.235. The molecule has 25 heavy (non-hydrogen) atoms. The number of hydrogen-bond acceptors (Lipinski definition) is 5. The number of ether oxygens (including phenoxy) is 1. The lowest BCUT2D eigenvalue weighted by molar-refractivity contribution is -0.120. The van der Waals surface area contributed by atoms with Crippen molar-refractivity contribution in [2.75, 3.05) is 13.7 Å². The average molecular weight is 362 g/mol. The van der Waals surface area contributed by atoms with Crippen LogP contribution < -0.4 is 15.5 Å². The van der Waals surface area contributed by atoms with Gasteiger partial charge in [0.1, 0.15) is 0 Å². The Balaban J connectivity index is 1.83. The molecule has 0 unspecified atom stereocenters. The largest absolute Gasteiger partial charge is 0.504 e. The number of phenolic OH excluding ortho intramolecular Hbond substituents is 1. The average Bonchev–Trinajstić information content (AvgIpc) is 2.61. The summed E-state index contributed by atoms with van der Waals surface area (Å²) in [6, 6.07) is 11.0. The normalized spacial score (nSPS) is 10.5. The number of phenols is 1. The van der Waals surface area contributed by atoms with Crippen LogP contribution in [0.5, 0.6) is 11.5 Å². The fourth-order valence-corrected chi connectivity index (χ4v) is 2.08. The highest BCUT2D eigenvalue weighted by molar-refractivity contribution is 6.30. The van der Waals surface area contributed by atoms with Crippen molar-refractivity contribution in [3.8, 4) is 11.5 Å². The maximum Gasteiger partial charge on any atom is 0.259 e. The van der Waals surface area contributed by atoms with Gasteiger partial charge in [-0.1, -0.05) is 17.7 Å². The number of nitrogens with zero attached hydrogens (tertiary/aromatic N) is 1. The van der Waals surface area contributed by atoms with Crippen molar-refractivity contribution >= 4 is 29.6 Å². The minimum Gasteiger partial charge on any atom is -0.504 e. The summed E-state index contributed by atoms with van der Waals surface area (Å²) < 4.78 is 4.97. The molecule has 3 N–H and O–H groups in total. The molecule has 2 rings (SSSR count). The Hall–Kier alpha value is -3.06. The molecule has 0 bridgehead atoms. The van der Waals surface area contributed by atoms with E-state index in [2.05, 4.69) is 15.8 Å². The first-order valence-electron chi connectivity index (χ1n) is 7.22. The number of rotatable bonds is 6. The Labute approximate surface area is 149 Å². The number of methoxy groups -OCH3 is 1. The molecule has 0 radical (unpaired) electrons. The molecule has 0 saturated heterocycles. The minimum absolute atomic E-state index is 0.00686. The molecule has 8 heteroatoms. The molecule has 2 amide bonds. The van der Waals surface area contributed by atoms with Crippen LogP contribution >= 0.6 is 11.6 Å². The predicted molar refractivity (Wildman–Crippen MR) is 94.2 cm³/mol. The number of hydrazone groups is 1. The van der Waals surface area contributed by atoms with Gasteiger partial charge in [0.15, 0.2) is 11.5 Å². The first-order valence-corrected chi connectivity index (χ1v) is 7.60. The minimum atomic E-state index is -0.489. The molecule has 2 aromatic rings. The summed E-state index contributed by atoms with van der Waals surface area (Å²) in [5.41, 5.74) is 3.27. The van der Waals surface area contributed by atoms with E-state index in [0.717, 1.165) is 0 Å². The Morgan fingerprint density at radius 2 is 2.08 bits per heavy atom. The SMILES string of the molecule is COc1cc(/C=N\NC(=O)CNC(=O)c2cccc(Cl)c2)ccc1O. The molecule has 130 valence electrons. The molecule has 0 heterocycles. The van der Waals surface area contributed by atoms with Crippen molar-refractivity contribution < 1.29 is 19.4 Å². The molecule has 7 nitrogen and oxygen atoms in total. The van der Waals surface area contributed by atoms with Crippen LogP contribution in [0.4, 0.5) is 0 Å². The second-order valence-electron chi connectivity index (χ2n) is 4.92. The number of benzene rings is 2. The number of carbonyl (C=O) groups excluding carboxylic acids is 2. The van der Waals surface area contributed by atoms with Crippen molar-refractivity contribution in [2.45, 2.75) is 0 Å². The molecule has 0 aliphatic carbocycles. The van der Waals surface area contributed by atoms with Crippen LogP contribution in [-0.4, -0.2) is 36.8 Å². The molecular formula is C17H16ClN3O4. The Morgan fingerprint density at radius 1 is 1.28 bits per heavy atom. The second kappa shape index (κ2) is 8.70. The third-order valence-electron chi connectivity index (χ3n) is 3.10. The summed E-state index contributed by atoms with van der Waals surface area (Å²) in [5.74, 6) is -0.598. The van der Waals surface area contributed by atoms with Crippen molar-refractivity contribution in [3.63, 3.8) is 0 Å². The number of nitrogens with one attached hydrogen (secondary N) is 2. The molecule has 0 aliphatic heterocycles. The van der Waals surface area contributed by atoms with Crippen LogP contribution in [0.15, 0.2) is 47.6 Å². The Morgan fingerprint density at radius 3 is 2.80 bits per heavy atom. The van der Waals surface area contributed by atoms with E-state index >= 15 is 0 Å². The van der Waals surface area contributed by atoms with Gasteiger partial charge >= 0.3 is 0 Å². The fraction of sp³-hybridized carbons (Fsp3) is 0.118. The molecular weight excluding hydrogens is 346 g/mol. The highest BCUT2D eigenvalue weighted by Crippen LogP contribution is 2.25. The molecule has 2 aromatic carbocycles. The lowest BCUT2D eigenvalue weighted by Crippen LogP contribution is -2.34. The van der Waals surface area contributed by atoms with Gasteiger partial charge in [-0.05, 0) is 42.0 Å². The quantitative estimate of drug-likeness (QED) is 0.540. The molecule has 0 spiro atoms. The van der Waals surface area contributed by atoms with Crippen LogP contribution in [0.1, 0.15) is 15.9 Å². The third kappa shape index (κ3) is 5.50. The summed E-state index contributed by atoms with van der Waals surface area (Å²) in [6.07, 6.45) is 1.39. The fourth-order valence-electron chi connectivity index (χ4n) is 1.89. The number of hydrogen-bond donors (Lipinski definition) is 3.